The maximum absolute atomic E-state index is 7.20. The molecule has 57 valence electrons. The molecule has 0 spiro atoms. The Labute approximate surface area is 61.7 Å². The Morgan fingerprint density at radius 3 is 2.90 bits per heavy atom. The number of hydrogen-bond donors (Lipinski definition) is 2. The first-order valence-electron chi connectivity index (χ1n) is 3.66. The Morgan fingerprint density at radius 1 is 1.80 bits per heavy atom. The van der Waals surface area contributed by atoms with Gasteiger partial charge < -0.3 is 10.6 Å². The first-order valence-corrected chi connectivity index (χ1v) is 3.66. The van der Waals surface area contributed by atoms with Crippen molar-refractivity contribution in [2.75, 3.05) is 6.54 Å². The average molecular weight is 140 g/mol. The van der Waals surface area contributed by atoms with E-state index in [2.05, 4.69) is 13.3 Å². The summed E-state index contributed by atoms with van der Waals surface area (Å²) in [5.41, 5.74) is 5.35. The van der Waals surface area contributed by atoms with Crippen LogP contribution in [0.4, 0.5) is 0 Å². The van der Waals surface area contributed by atoms with E-state index in [-0.39, 0.29) is 5.96 Å². The molecule has 1 radical (unpaired) electrons. The van der Waals surface area contributed by atoms with Crippen LogP contribution < -0.4 is 5.73 Å². The molecule has 0 bridgehead atoms. The fourth-order valence-electron chi connectivity index (χ4n) is 1.29. The molecular formula is C7H14N3. The van der Waals surface area contributed by atoms with Gasteiger partial charge in [0.15, 0.2) is 5.96 Å². The summed E-state index contributed by atoms with van der Waals surface area (Å²) in [4.78, 5) is 1.91. The molecule has 1 rings (SSSR count). The standard InChI is InChI=1S/C7H14N3/c1-6-4-2-3-5-10(6)7(8)9/h4,6H,2-3,5H2,1H3,(H3,8,9). The minimum atomic E-state index is 0.198. The summed E-state index contributed by atoms with van der Waals surface area (Å²) < 4.78 is 0. The van der Waals surface area contributed by atoms with Gasteiger partial charge in [0.2, 0.25) is 0 Å². The normalized spacial score (nSPS) is 26.5. The van der Waals surface area contributed by atoms with Crippen LogP contribution in [0.2, 0.25) is 0 Å². The van der Waals surface area contributed by atoms with Gasteiger partial charge in [-0.3, -0.25) is 5.41 Å². The van der Waals surface area contributed by atoms with Crippen LogP contribution in [0.5, 0.6) is 0 Å². The van der Waals surface area contributed by atoms with Gasteiger partial charge in [-0.25, -0.2) is 0 Å². The third-order valence-electron chi connectivity index (χ3n) is 1.91. The number of guanidine groups is 1. The molecule has 1 aliphatic rings. The molecule has 3 heteroatoms. The fourth-order valence-corrected chi connectivity index (χ4v) is 1.29. The van der Waals surface area contributed by atoms with Gasteiger partial charge in [-0.15, -0.1) is 0 Å². The van der Waals surface area contributed by atoms with Gasteiger partial charge >= 0.3 is 0 Å². The average Bonchev–Trinajstić information content (AvgIpc) is 1.88. The van der Waals surface area contributed by atoms with E-state index in [1.54, 1.807) is 0 Å². The van der Waals surface area contributed by atoms with Crippen LogP contribution in [-0.2, 0) is 0 Å². The molecule has 0 aromatic rings. The molecular weight excluding hydrogens is 126 g/mol. The number of likely N-dealkylation sites (tertiary alicyclic amines) is 1. The molecule has 1 fully saturated rings. The maximum atomic E-state index is 7.20. The van der Waals surface area contributed by atoms with E-state index in [4.69, 9.17) is 11.1 Å². The first kappa shape index (κ1) is 7.38. The van der Waals surface area contributed by atoms with E-state index >= 15 is 0 Å². The zero-order chi connectivity index (χ0) is 7.56. The molecule has 0 amide bonds. The van der Waals surface area contributed by atoms with Crippen LogP contribution in [0.1, 0.15) is 19.8 Å². The van der Waals surface area contributed by atoms with Gasteiger partial charge in [0.05, 0.1) is 0 Å². The predicted octanol–water partition coefficient (Wildman–Crippen LogP) is 0.568. The van der Waals surface area contributed by atoms with E-state index in [1.807, 2.05) is 4.90 Å². The van der Waals surface area contributed by atoms with Gasteiger partial charge in [0.25, 0.3) is 0 Å². The van der Waals surface area contributed by atoms with Crippen LogP contribution in [-0.4, -0.2) is 23.4 Å². The Kier molecular flexibility index (Phi) is 2.14. The fraction of sp³-hybridized carbons (Fsp3) is 0.714. The van der Waals surface area contributed by atoms with Gasteiger partial charge in [0, 0.05) is 12.6 Å². The van der Waals surface area contributed by atoms with E-state index < -0.39 is 0 Å². The second kappa shape index (κ2) is 2.90. The molecule has 1 saturated heterocycles. The van der Waals surface area contributed by atoms with Gasteiger partial charge in [-0.2, -0.15) is 0 Å². The number of nitrogens with zero attached hydrogens (tertiary/aromatic N) is 1. The van der Waals surface area contributed by atoms with Crippen molar-refractivity contribution >= 4 is 5.96 Å². The smallest absolute Gasteiger partial charge is 0.188 e. The van der Waals surface area contributed by atoms with Crippen molar-refractivity contribution < 1.29 is 0 Å². The van der Waals surface area contributed by atoms with Crippen LogP contribution >= 0.6 is 0 Å². The lowest BCUT2D eigenvalue weighted by Crippen LogP contribution is -2.45. The molecule has 1 unspecified atom stereocenters. The van der Waals surface area contributed by atoms with E-state index in [9.17, 15) is 0 Å². The summed E-state index contributed by atoms with van der Waals surface area (Å²) >= 11 is 0. The lowest BCUT2D eigenvalue weighted by molar-refractivity contribution is 0.308. The minimum absolute atomic E-state index is 0.198. The largest absolute Gasteiger partial charge is 0.370 e. The van der Waals surface area contributed by atoms with Crippen LogP contribution in [0.15, 0.2) is 0 Å². The van der Waals surface area contributed by atoms with Gasteiger partial charge in [-0.1, -0.05) is 0 Å². The zero-order valence-corrected chi connectivity index (χ0v) is 6.30. The van der Waals surface area contributed by atoms with Gasteiger partial charge in [0.1, 0.15) is 0 Å². The highest BCUT2D eigenvalue weighted by molar-refractivity contribution is 5.75. The van der Waals surface area contributed by atoms with Crippen LogP contribution in [0, 0.1) is 11.8 Å². The summed E-state index contributed by atoms with van der Waals surface area (Å²) in [5.74, 6) is 0.198. The number of nitrogens with one attached hydrogen (secondary N) is 1. The third kappa shape index (κ3) is 1.40. The van der Waals surface area contributed by atoms with Crippen molar-refractivity contribution in [1.82, 2.24) is 4.90 Å². The summed E-state index contributed by atoms with van der Waals surface area (Å²) in [5, 5.41) is 7.20. The molecule has 3 N–H and O–H groups in total. The second-order valence-corrected chi connectivity index (χ2v) is 2.70. The molecule has 0 aromatic carbocycles. The topological polar surface area (TPSA) is 53.1 Å². The lowest BCUT2D eigenvalue weighted by Gasteiger charge is -2.33. The Bertz CT molecular complexity index is 133. The van der Waals surface area contributed by atoms with Crippen molar-refractivity contribution in [3.8, 4) is 0 Å². The van der Waals surface area contributed by atoms with Crippen molar-refractivity contribution in [3.05, 3.63) is 6.42 Å². The van der Waals surface area contributed by atoms with Crippen molar-refractivity contribution in [3.63, 3.8) is 0 Å². The monoisotopic (exact) mass is 140 g/mol. The third-order valence-corrected chi connectivity index (χ3v) is 1.91. The SMILES string of the molecule is CC1[CH]CCCN1C(=N)N. The molecule has 3 nitrogen and oxygen atoms in total. The highest BCUT2D eigenvalue weighted by atomic mass is 15.2. The molecule has 10 heavy (non-hydrogen) atoms. The van der Waals surface area contributed by atoms with Crippen molar-refractivity contribution in [2.24, 2.45) is 5.73 Å². The van der Waals surface area contributed by atoms with Crippen molar-refractivity contribution in [1.29, 1.82) is 5.41 Å². The molecule has 0 aliphatic carbocycles. The highest BCUT2D eigenvalue weighted by Crippen LogP contribution is 2.13. The summed E-state index contributed by atoms with van der Waals surface area (Å²) in [6, 6.07) is 0.353. The van der Waals surface area contributed by atoms with Crippen LogP contribution in [0.3, 0.4) is 0 Å². The molecule has 1 atom stereocenters. The van der Waals surface area contributed by atoms with E-state index in [0.29, 0.717) is 6.04 Å². The quantitative estimate of drug-likeness (QED) is 0.382. The Morgan fingerprint density at radius 2 is 2.50 bits per heavy atom. The number of nitrogens with two attached hydrogens (primary N) is 1. The number of rotatable bonds is 0. The second-order valence-electron chi connectivity index (χ2n) is 2.70. The summed E-state index contributed by atoms with van der Waals surface area (Å²) in [6.45, 7) is 3.01. The van der Waals surface area contributed by atoms with Crippen molar-refractivity contribution in [2.45, 2.75) is 25.8 Å². The summed E-state index contributed by atoms with van der Waals surface area (Å²) in [7, 11) is 0. The van der Waals surface area contributed by atoms with Gasteiger partial charge in [-0.05, 0) is 26.2 Å². The molecule has 0 aromatic heterocycles. The molecule has 1 heterocycles. The molecule has 0 saturated carbocycles. The summed E-state index contributed by atoms with van der Waals surface area (Å²) in [6.07, 6.45) is 4.49. The highest BCUT2D eigenvalue weighted by Gasteiger charge is 2.18. The zero-order valence-electron chi connectivity index (χ0n) is 6.30. The number of hydrogen-bond acceptors (Lipinski definition) is 1. The Hall–Kier alpha value is -0.730. The van der Waals surface area contributed by atoms with E-state index in [1.165, 1.54) is 0 Å². The Balaban J connectivity index is 2.47. The minimum Gasteiger partial charge on any atom is -0.370 e. The molecule has 1 aliphatic heterocycles. The van der Waals surface area contributed by atoms with Crippen LogP contribution in [0.25, 0.3) is 0 Å². The maximum Gasteiger partial charge on any atom is 0.188 e. The first-order chi connectivity index (χ1) is 4.72. The van der Waals surface area contributed by atoms with E-state index in [0.717, 1.165) is 19.4 Å². The predicted molar refractivity (Wildman–Crippen MR) is 41.6 cm³/mol. The lowest BCUT2D eigenvalue weighted by atomic mass is 10.0. The number of piperidine rings is 1.